The number of fused-ring (bicyclic) bond motifs is 1. The molecule has 2 unspecified atom stereocenters. The van der Waals surface area contributed by atoms with Gasteiger partial charge in [0.25, 0.3) is 0 Å². The molecule has 2 atom stereocenters. The lowest BCUT2D eigenvalue weighted by molar-refractivity contribution is -0.00461. The molecule has 2 aromatic heterocycles. The van der Waals surface area contributed by atoms with Crippen molar-refractivity contribution < 1.29 is 9.47 Å². The Morgan fingerprint density at radius 2 is 2.00 bits per heavy atom. The molecule has 0 saturated carbocycles. The molecule has 0 aromatic carbocycles. The number of ether oxygens (including phenoxy) is 2. The minimum atomic E-state index is 0.115. The summed E-state index contributed by atoms with van der Waals surface area (Å²) >= 11 is 1.64. The van der Waals surface area contributed by atoms with E-state index < -0.39 is 0 Å². The van der Waals surface area contributed by atoms with Crippen LogP contribution in [0.2, 0.25) is 0 Å². The molecule has 0 amide bonds. The monoisotopic (exact) mass is 308 g/mol. The molecule has 1 aliphatic heterocycles. The van der Waals surface area contributed by atoms with Crippen LogP contribution in [0.4, 0.5) is 5.82 Å². The number of thiophene rings is 1. The molecule has 2 aromatic rings. The highest BCUT2D eigenvalue weighted by Crippen LogP contribution is 2.25. The Morgan fingerprint density at radius 1 is 1.29 bits per heavy atom. The van der Waals surface area contributed by atoms with Gasteiger partial charge in [0.05, 0.1) is 24.1 Å². The Morgan fingerprint density at radius 3 is 2.62 bits per heavy atom. The second-order valence-corrected chi connectivity index (χ2v) is 6.01. The van der Waals surface area contributed by atoms with Crippen molar-refractivity contribution in [2.45, 2.75) is 18.8 Å². The van der Waals surface area contributed by atoms with Crippen molar-refractivity contribution in [3.8, 4) is 0 Å². The van der Waals surface area contributed by atoms with Crippen LogP contribution >= 0.6 is 11.3 Å². The van der Waals surface area contributed by atoms with Crippen LogP contribution in [-0.4, -0.2) is 61.4 Å². The van der Waals surface area contributed by atoms with E-state index in [4.69, 9.17) is 9.47 Å². The lowest BCUT2D eigenvalue weighted by atomic mass is 10.3. The van der Waals surface area contributed by atoms with E-state index in [9.17, 15) is 0 Å². The molecule has 114 valence electrons. The zero-order valence-corrected chi connectivity index (χ0v) is 13.3. The molecule has 0 spiro atoms. The molecule has 1 aliphatic rings. The number of hydrogen-bond donors (Lipinski definition) is 1. The van der Waals surface area contributed by atoms with Crippen LogP contribution in [0.15, 0.2) is 11.4 Å². The number of hydrogen-bond acceptors (Lipinski definition) is 7. The second-order valence-electron chi connectivity index (χ2n) is 5.12. The predicted molar refractivity (Wildman–Crippen MR) is 83.8 cm³/mol. The van der Waals surface area contributed by atoms with Crippen molar-refractivity contribution in [1.29, 1.82) is 0 Å². The molecule has 3 heterocycles. The third-order valence-corrected chi connectivity index (χ3v) is 4.68. The zero-order chi connectivity index (χ0) is 14.8. The van der Waals surface area contributed by atoms with Crippen LogP contribution in [0.25, 0.3) is 10.2 Å². The van der Waals surface area contributed by atoms with Gasteiger partial charge in [0.2, 0.25) is 0 Å². The first-order valence-corrected chi connectivity index (χ1v) is 7.83. The summed E-state index contributed by atoms with van der Waals surface area (Å²) in [6.45, 7) is 2.40. The number of likely N-dealkylation sites (tertiary alicyclic amines) is 1. The number of nitrogens with one attached hydrogen (secondary N) is 1. The molecule has 3 rings (SSSR count). The van der Waals surface area contributed by atoms with Crippen LogP contribution in [0.1, 0.15) is 5.82 Å². The fourth-order valence-corrected chi connectivity index (χ4v) is 3.54. The molecule has 6 nitrogen and oxygen atoms in total. The average molecular weight is 308 g/mol. The third kappa shape index (κ3) is 2.87. The minimum absolute atomic E-state index is 0.115. The van der Waals surface area contributed by atoms with Gasteiger partial charge >= 0.3 is 0 Å². The summed E-state index contributed by atoms with van der Waals surface area (Å²) in [4.78, 5) is 12.6. The standard InChI is InChI=1S/C14H20N4O2S/c1-15-13-9-4-5-21-14(9)17-12(16-13)8-18-6-10(19-2)11(7-18)20-3/h4-5,10-11H,6-8H2,1-3H3,(H,15,16,17). The first kappa shape index (κ1) is 14.6. The maximum absolute atomic E-state index is 5.47. The summed E-state index contributed by atoms with van der Waals surface area (Å²) in [6, 6.07) is 2.05. The maximum Gasteiger partial charge on any atom is 0.146 e. The molecule has 7 heteroatoms. The Bertz CT molecular complexity index is 606. The van der Waals surface area contributed by atoms with Gasteiger partial charge in [0.15, 0.2) is 0 Å². The Balaban J connectivity index is 1.79. The summed E-state index contributed by atoms with van der Waals surface area (Å²) in [6.07, 6.45) is 0.230. The van der Waals surface area contributed by atoms with Crippen molar-refractivity contribution in [2.24, 2.45) is 0 Å². The smallest absolute Gasteiger partial charge is 0.146 e. The number of anilines is 1. The zero-order valence-electron chi connectivity index (χ0n) is 12.5. The van der Waals surface area contributed by atoms with Gasteiger partial charge in [-0.15, -0.1) is 11.3 Å². The molecule has 0 aliphatic carbocycles. The summed E-state index contributed by atoms with van der Waals surface area (Å²) in [5.41, 5.74) is 0. The molecule has 21 heavy (non-hydrogen) atoms. The second kappa shape index (κ2) is 6.23. The lowest BCUT2D eigenvalue weighted by Gasteiger charge is -2.14. The summed E-state index contributed by atoms with van der Waals surface area (Å²) < 4.78 is 10.9. The normalized spacial score (nSPS) is 23.0. The molecule has 0 bridgehead atoms. The highest BCUT2D eigenvalue weighted by molar-refractivity contribution is 7.16. The van der Waals surface area contributed by atoms with E-state index in [1.54, 1.807) is 25.6 Å². The van der Waals surface area contributed by atoms with Crippen molar-refractivity contribution in [3.63, 3.8) is 0 Å². The maximum atomic E-state index is 5.47. The third-order valence-electron chi connectivity index (χ3n) is 3.87. The molecule has 1 saturated heterocycles. The fraction of sp³-hybridized carbons (Fsp3) is 0.571. The van der Waals surface area contributed by atoms with Crippen molar-refractivity contribution >= 4 is 27.4 Å². The van der Waals surface area contributed by atoms with E-state index in [0.29, 0.717) is 6.54 Å². The van der Waals surface area contributed by atoms with Gasteiger partial charge in [0.1, 0.15) is 16.5 Å². The quantitative estimate of drug-likeness (QED) is 0.905. The lowest BCUT2D eigenvalue weighted by Crippen LogP contribution is -2.27. The van der Waals surface area contributed by atoms with Crippen LogP contribution in [0.5, 0.6) is 0 Å². The van der Waals surface area contributed by atoms with E-state index in [1.165, 1.54) is 0 Å². The van der Waals surface area contributed by atoms with E-state index in [-0.39, 0.29) is 12.2 Å². The van der Waals surface area contributed by atoms with E-state index in [1.807, 2.05) is 18.5 Å². The first-order valence-electron chi connectivity index (χ1n) is 6.95. The largest absolute Gasteiger partial charge is 0.377 e. The molecule has 0 radical (unpaired) electrons. The van der Waals surface area contributed by atoms with E-state index >= 15 is 0 Å². The Kier molecular flexibility index (Phi) is 4.34. The summed E-state index contributed by atoms with van der Waals surface area (Å²) in [7, 11) is 5.35. The predicted octanol–water partition coefficient (Wildman–Crippen LogP) is 1.58. The van der Waals surface area contributed by atoms with Crippen molar-refractivity contribution in [1.82, 2.24) is 14.9 Å². The summed E-state index contributed by atoms with van der Waals surface area (Å²) in [5, 5.41) is 6.27. The SMILES string of the molecule is CNc1nc(CN2CC(OC)C(OC)C2)nc2sccc12. The molecular weight excluding hydrogens is 288 g/mol. The van der Waals surface area contributed by atoms with Gasteiger partial charge in [0, 0.05) is 34.4 Å². The van der Waals surface area contributed by atoms with E-state index in [0.717, 1.165) is 34.9 Å². The fourth-order valence-electron chi connectivity index (χ4n) is 2.76. The van der Waals surface area contributed by atoms with Crippen LogP contribution < -0.4 is 5.32 Å². The van der Waals surface area contributed by atoms with Crippen molar-refractivity contribution in [2.75, 3.05) is 39.7 Å². The van der Waals surface area contributed by atoms with Crippen molar-refractivity contribution in [3.05, 3.63) is 17.3 Å². The van der Waals surface area contributed by atoms with Crippen LogP contribution in [0.3, 0.4) is 0 Å². The van der Waals surface area contributed by atoms with Crippen LogP contribution in [0, 0.1) is 0 Å². The van der Waals surface area contributed by atoms with Crippen LogP contribution in [-0.2, 0) is 16.0 Å². The topological polar surface area (TPSA) is 59.5 Å². The number of methoxy groups -OCH3 is 2. The first-order chi connectivity index (χ1) is 10.2. The molecular formula is C14H20N4O2S. The highest BCUT2D eigenvalue weighted by atomic mass is 32.1. The van der Waals surface area contributed by atoms with E-state index in [2.05, 4.69) is 20.2 Å². The van der Waals surface area contributed by atoms with Gasteiger partial charge in [-0.05, 0) is 11.4 Å². The Hall–Kier alpha value is -1.28. The highest BCUT2D eigenvalue weighted by Gasteiger charge is 2.33. The average Bonchev–Trinajstić information content (AvgIpc) is 3.12. The number of rotatable bonds is 5. The molecule has 1 fully saturated rings. The van der Waals surface area contributed by atoms with Gasteiger partial charge in [-0.3, -0.25) is 4.90 Å². The number of aromatic nitrogens is 2. The van der Waals surface area contributed by atoms with Gasteiger partial charge in [-0.1, -0.05) is 0 Å². The van der Waals surface area contributed by atoms with Gasteiger partial charge < -0.3 is 14.8 Å². The van der Waals surface area contributed by atoms with Gasteiger partial charge in [-0.2, -0.15) is 0 Å². The molecule has 1 N–H and O–H groups in total. The Labute approximate surface area is 128 Å². The summed E-state index contributed by atoms with van der Waals surface area (Å²) in [5.74, 6) is 1.72. The van der Waals surface area contributed by atoms with Gasteiger partial charge in [-0.25, -0.2) is 9.97 Å². The minimum Gasteiger partial charge on any atom is -0.377 e. The number of nitrogens with zero attached hydrogens (tertiary/aromatic N) is 3.